The van der Waals surface area contributed by atoms with Gasteiger partial charge in [-0.05, 0) is 37.6 Å². The van der Waals surface area contributed by atoms with Gasteiger partial charge in [0.25, 0.3) is 0 Å². The van der Waals surface area contributed by atoms with Crippen LogP contribution >= 0.6 is 11.6 Å². The van der Waals surface area contributed by atoms with E-state index in [0.29, 0.717) is 16.4 Å². The van der Waals surface area contributed by atoms with Crippen LogP contribution in [0.15, 0.2) is 23.3 Å². The Kier molecular flexibility index (Phi) is 7.87. The maximum atomic E-state index is 11.9. The van der Waals surface area contributed by atoms with Crippen molar-refractivity contribution < 1.29 is 19.5 Å². The average Bonchev–Trinajstić information content (AvgIpc) is 2.52. The molecule has 0 aliphatic rings. The highest BCUT2D eigenvalue weighted by molar-refractivity contribution is 6.35. The van der Waals surface area contributed by atoms with E-state index >= 15 is 0 Å². The lowest BCUT2D eigenvalue weighted by atomic mass is 10.2. The topological polar surface area (TPSA) is 120 Å². The number of hydrogen-bond donors (Lipinski definition) is 4. The van der Waals surface area contributed by atoms with E-state index < -0.39 is 11.8 Å². The molecule has 0 aliphatic carbocycles. The van der Waals surface area contributed by atoms with Crippen LogP contribution in [-0.2, 0) is 14.4 Å². The normalized spacial score (nSPS) is 10.9. The number of amides is 3. The van der Waals surface area contributed by atoms with Crippen LogP contribution in [0.25, 0.3) is 0 Å². The number of anilines is 1. The minimum Gasteiger partial charge on any atom is -0.395 e. The number of aliphatic hydroxyl groups is 1. The molecular formula is C15H19ClN4O4. The molecule has 0 radical (unpaired) electrons. The number of aliphatic hydroxyl groups excluding tert-OH is 1. The van der Waals surface area contributed by atoms with Crippen LogP contribution in [0.4, 0.5) is 5.69 Å². The van der Waals surface area contributed by atoms with Gasteiger partial charge in [-0.3, -0.25) is 14.4 Å². The van der Waals surface area contributed by atoms with Crippen molar-refractivity contribution in [1.29, 1.82) is 0 Å². The summed E-state index contributed by atoms with van der Waals surface area (Å²) >= 11 is 5.85. The first kappa shape index (κ1) is 19.6. The van der Waals surface area contributed by atoms with Crippen molar-refractivity contribution in [3.63, 3.8) is 0 Å². The molecule has 0 aromatic heterocycles. The number of hydrogen-bond acceptors (Lipinski definition) is 5. The quantitative estimate of drug-likeness (QED) is 0.339. The molecule has 0 aliphatic heterocycles. The van der Waals surface area contributed by atoms with Gasteiger partial charge in [0, 0.05) is 23.0 Å². The largest absolute Gasteiger partial charge is 0.395 e. The van der Waals surface area contributed by atoms with E-state index in [1.54, 1.807) is 25.1 Å². The Morgan fingerprint density at radius 2 is 1.96 bits per heavy atom. The fourth-order valence-electron chi connectivity index (χ4n) is 1.68. The summed E-state index contributed by atoms with van der Waals surface area (Å²) in [6.07, 6.45) is -0.0550. The smallest absolute Gasteiger partial charge is 0.329 e. The van der Waals surface area contributed by atoms with Gasteiger partial charge in [-0.1, -0.05) is 11.6 Å². The molecule has 9 heteroatoms. The molecule has 8 nitrogen and oxygen atoms in total. The molecule has 0 heterocycles. The summed E-state index contributed by atoms with van der Waals surface area (Å²) in [4.78, 5) is 34.6. The maximum Gasteiger partial charge on any atom is 0.329 e. The van der Waals surface area contributed by atoms with Crippen molar-refractivity contribution in [3.05, 3.63) is 28.8 Å². The minimum absolute atomic E-state index is 0.0300. The van der Waals surface area contributed by atoms with E-state index in [1.165, 1.54) is 0 Å². The molecule has 0 spiro atoms. The Morgan fingerprint density at radius 1 is 1.25 bits per heavy atom. The summed E-state index contributed by atoms with van der Waals surface area (Å²) in [5.41, 5.74) is 3.81. The Labute approximate surface area is 144 Å². The average molecular weight is 355 g/mol. The van der Waals surface area contributed by atoms with Crippen molar-refractivity contribution in [2.45, 2.75) is 20.3 Å². The van der Waals surface area contributed by atoms with Gasteiger partial charge < -0.3 is 15.7 Å². The van der Waals surface area contributed by atoms with E-state index in [9.17, 15) is 14.4 Å². The van der Waals surface area contributed by atoms with E-state index in [4.69, 9.17) is 16.7 Å². The maximum absolute atomic E-state index is 11.9. The van der Waals surface area contributed by atoms with Crippen LogP contribution in [0.5, 0.6) is 0 Å². The van der Waals surface area contributed by atoms with Crippen molar-refractivity contribution >= 4 is 40.7 Å². The summed E-state index contributed by atoms with van der Waals surface area (Å²) < 4.78 is 0. The molecule has 0 bridgehead atoms. The predicted octanol–water partition coefficient (Wildman–Crippen LogP) is 0.578. The van der Waals surface area contributed by atoms with Gasteiger partial charge in [0.15, 0.2) is 0 Å². The zero-order valence-corrected chi connectivity index (χ0v) is 14.1. The molecule has 24 heavy (non-hydrogen) atoms. The lowest BCUT2D eigenvalue weighted by molar-refractivity contribution is -0.139. The standard InChI is InChI=1S/C15H19ClN4O4/c1-9-7-11(16)3-4-12(9)18-13(22)8-10(2)19-20-15(24)14(23)17-5-6-21/h3-4,7,21H,5-6,8H2,1-2H3,(H,17,23)(H,18,22)(H,20,24)/b19-10+. The van der Waals surface area contributed by atoms with Crippen LogP contribution in [-0.4, -0.2) is 41.7 Å². The Bertz CT molecular complexity index is 661. The molecule has 4 N–H and O–H groups in total. The van der Waals surface area contributed by atoms with E-state index in [0.717, 1.165) is 5.56 Å². The summed E-state index contributed by atoms with van der Waals surface area (Å²) in [6, 6.07) is 5.08. The number of benzene rings is 1. The number of aryl methyl sites for hydroxylation is 1. The first-order chi connectivity index (χ1) is 11.3. The van der Waals surface area contributed by atoms with Gasteiger partial charge >= 0.3 is 11.8 Å². The second-order valence-electron chi connectivity index (χ2n) is 4.95. The van der Waals surface area contributed by atoms with Crippen LogP contribution < -0.4 is 16.1 Å². The number of nitrogens with zero attached hydrogens (tertiary/aromatic N) is 1. The van der Waals surface area contributed by atoms with Gasteiger partial charge in [0.2, 0.25) is 5.91 Å². The highest BCUT2D eigenvalue weighted by Crippen LogP contribution is 2.19. The lowest BCUT2D eigenvalue weighted by Gasteiger charge is -2.08. The number of carbonyl (C=O) groups excluding carboxylic acids is 3. The van der Waals surface area contributed by atoms with Gasteiger partial charge in [0.1, 0.15) is 0 Å². The summed E-state index contributed by atoms with van der Waals surface area (Å²) in [7, 11) is 0. The molecular weight excluding hydrogens is 336 g/mol. The number of halogens is 1. The number of nitrogens with one attached hydrogen (secondary N) is 3. The van der Waals surface area contributed by atoms with Gasteiger partial charge in [-0.15, -0.1) is 0 Å². The Hall–Kier alpha value is -2.45. The van der Waals surface area contributed by atoms with Crippen molar-refractivity contribution in [2.24, 2.45) is 5.10 Å². The molecule has 0 saturated carbocycles. The van der Waals surface area contributed by atoms with Gasteiger partial charge in [0.05, 0.1) is 13.0 Å². The summed E-state index contributed by atoms with van der Waals surface area (Å²) in [6.45, 7) is 3.05. The molecule has 1 aromatic rings. The lowest BCUT2D eigenvalue weighted by Crippen LogP contribution is -2.39. The third kappa shape index (κ3) is 6.76. The monoisotopic (exact) mass is 354 g/mol. The molecule has 0 unspecified atom stereocenters. The highest BCUT2D eigenvalue weighted by Gasteiger charge is 2.12. The van der Waals surface area contributed by atoms with Crippen molar-refractivity contribution in [3.8, 4) is 0 Å². The third-order valence-electron chi connectivity index (χ3n) is 2.83. The van der Waals surface area contributed by atoms with E-state index in [1.807, 2.05) is 12.3 Å². The highest BCUT2D eigenvalue weighted by atomic mass is 35.5. The van der Waals surface area contributed by atoms with Crippen LogP contribution in [0.1, 0.15) is 18.9 Å². The summed E-state index contributed by atoms with van der Waals surface area (Å²) in [5.74, 6) is -2.21. The van der Waals surface area contributed by atoms with Crippen molar-refractivity contribution in [2.75, 3.05) is 18.5 Å². The van der Waals surface area contributed by atoms with Crippen molar-refractivity contribution in [1.82, 2.24) is 10.7 Å². The van der Waals surface area contributed by atoms with Crippen LogP contribution in [0, 0.1) is 6.92 Å². The first-order valence-electron chi connectivity index (χ1n) is 7.11. The van der Waals surface area contributed by atoms with E-state index in [2.05, 4.69) is 15.7 Å². The number of hydrazone groups is 1. The molecule has 1 aromatic carbocycles. The minimum atomic E-state index is -0.975. The first-order valence-corrected chi connectivity index (χ1v) is 7.49. The van der Waals surface area contributed by atoms with Gasteiger partial charge in [-0.2, -0.15) is 5.10 Å². The molecule has 3 amide bonds. The fraction of sp³-hybridized carbons (Fsp3) is 0.333. The zero-order chi connectivity index (χ0) is 18.1. The zero-order valence-electron chi connectivity index (χ0n) is 13.4. The predicted molar refractivity (Wildman–Crippen MR) is 90.8 cm³/mol. The van der Waals surface area contributed by atoms with Gasteiger partial charge in [-0.25, -0.2) is 5.43 Å². The van der Waals surface area contributed by atoms with E-state index in [-0.39, 0.29) is 25.5 Å². The fourth-order valence-corrected chi connectivity index (χ4v) is 1.91. The molecule has 0 fully saturated rings. The Morgan fingerprint density at radius 3 is 2.58 bits per heavy atom. The molecule has 0 atom stereocenters. The number of rotatable bonds is 6. The second-order valence-corrected chi connectivity index (χ2v) is 5.39. The number of carbonyl (C=O) groups is 3. The molecule has 0 saturated heterocycles. The van der Waals surface area contributed by atoms with Crippen LogP contribution in [0.3, 0.4) is 0 Å². The third-order valence-corrected chi connectivity index (χ3v) is 3.07. The summed E-state index contributed by atoms with van der Waals surface area (Å²) in [5, 5.41) is 17.7. The SMILES string of the molecule is C/C(CC(=O)Nc1ccc(Cl)cc1C)=N\NC(=O)C(=O)NCCO. The molecule has 130 valence electrons. The second kappa shape index (κ2) is 9.64. The van der Waals surface area contributed by atoms with Crippen LogP contribution in [0.2, 0.25) is 5.02 Å². The Balaban J connectivity index is 2.51. The molecule has 1 rings (SSSR count).